The van der Waals surface area contributed by atoms with Gasteiger partial charge in [-0.2, -0.15) is 4.31 Å². The molecule has 3 nitrogen and oxygen atoms in total. The summed E-state index contributed by atoms with van der Waals surface area (Å²) >= 11 is 0. The Labute approximate surface area is 115 Å². The maximum Gasteiger partial charge on any atom is 0.243 e. The van der Waals surface area contributed by atoms with Crippen molar-refractivity contribution in [2.45, 2.75) is 38.0 Å². The van der Waals surface area contributed by atoms with Crippen molar-refractivity contribution in [3.8, 4) is 0 Å². The van der Waals surface area contributed by atoms with E-state index >= 15 is 0 Å². The molecule has 1 aliphatic carbocycles. The highest BCUT2D eigenvalue weighted by atomic mass is 32.2. The van der Waals surface area contributed by atoms with E-state index in [1.807, 2.05) is 26.0 Å². The summed E-state index contributed by atoms with van der Waals surface area (Å²) in [6.07, 6.45) is 3.67. The molecule has 1 aromatic carbocycles. The Hall–Kier alpha value is -0.870. The van der Waals surface area contributed by atoms with Gasteiger partial charge in [0.2, 0.25) is 10.0 Å². The number of nitrogens with zero attached hydrogens (tertiary/aromatic N) is 1. The molecule has 1 heterocycles. The zero-order valence-electron chi connectivity index (χ0n) is 11.6. The number of sulfonamides is 1. The molecule has 3 rings (SSSR count). The Balaban J connectivity index is 1.91. The summed E-state index contributed by atoms with van der Waals surface area (Å²) in [6.45, 7) is 5.32. The summed E-state index contributed by atoms with van der Waals surface area (Å²) < 4.78 is 27.2. The molecule has 0 amide bonds. The lowest BCUT2D eigenvalue weighted by Crippen LogP contribution is -2.30. The van der Waals surface area contributed by atoms with Crippen molar-refractivity contribution in [2.75, 3.05) is 13.1 Å². The van der Waals surface area contributed by atoms with Gasteiger partial charge in [0.15, 0.2) is 0 Å². The van der Waals surface area contributed by atoms with Crippen LogP contribution in [-0.4, -0.2) is 25.8 Å². The molecule has 19 heavy (non-hydrogen) atoms. The fourth-order valence-electron chi connectivity index (χ4n) is 3.62. The summed E-state index contributed by atoms with van der Waals surface area (Å²) in [5.74, 6) is 1.20. The van der Waals surface area contributed by atoms with Crippen LogP contribution in [0.15, 0.2) is 23.1 Å². The second kappa shape index (κ2) is 4.60. The molecule has 0 bridgehead atoms. The zero-order chi connectivity index (χ0) is 13.6. The molecular weight excluding hydrogens is 258 g/mol. The molecule has 2 aliphatic rings. The van der Waals surface area contributed by atoms with E-state index in [4.69, 9.17) is 0 Å². The molecule has 1 unspecified atom stereocenters. The SMILES string of the molecule is Cc1ccc(S(=O)(=O)N2CC3CCC[C@H]3C2)c(C)c1. The van der Waals surface area contributed by atoms with Crippen LogP contribution in [0.3, 0.4) is 0 Å². The first-order chi connectivity index (χ1) is 8.98. The molecule has 2 fully saturated rings. The van der Waals surface area contributed by atoms with Crippen LogP contribution in [0.2, 0.25) is 0 Å². The van der Waals surface area contributed by atoms with Crippen LogP contribution in [-0.2, 0) is 10.0 Å². The highest BCUT2D eigenvalue weighted by Crippen LogP contribution is 2.40. The van der Waals surface area contributed by atoms with Crippen molar-refractivity contribution in [1.82, 2.24) is 4.31 Å². The topological polar surface area (TPSA) is 37.4 Å². The van der Waals surface area contributed by atoms with Crippen molar-refractivity contribution >= 4 is 10.0 Å². The van der Waals surface area contributed by atoms with Crippen LogP contribution in [0.4, 0.5) is 0 Å². The van der Waals surface area contributed by atoms with Crippen molar-refractivity contribution < 1.29 is 8.42 Å². The summed E-state index contributed by atoms with van der Waals surface area (Å²) in [5, 5.41) is 0. The quantitative estimate of drug-likeness (QED) is 0.834. The van der Waals surface area contributed by atoms with Crippen LogP contribution in [0.25, 0.3) is 0 Å². The molecule has 0 aromatic heterocycles. The van der Waals surface area contributed by atoms with Crippen molar-refractivity contribution in [1.29, 1.82) is 0 Å². The maximum atomic E-state index is 12.7. The number of rotatable bonds is 2. The van der Waals surface area contributed by atoms with E-state index in [0.717, 1.165) is 24.2 Å². The van der Waals surface area contributed by atoms with Crippen LogP contribution < -0.4 is 0 Å². The van der Waals surface area contributed by atoms with Gasteiger partial charge in [-0.25, -0.2) is 8.42 Å². The first kappa shape index (κ1) is 13.1. The molecule has 0 N–H and O–H groups in total. The number of fused-ring (bicyclic) bond motifs is 1. The predicted octanol–water partition coefficient (Wildman–Crippen LogP) is 2.72. The maximum absolute atomic E-state index is 12.7. The Kier molecular flexibility index (Phi) is 3.18. The minimum absolute atomic E-state index is 0.484. The molecule has 1 saturated carbocycles. The lowest BCUT2D eigenvalue weighted by molar-refractivity contribution is 0.445. The Morgan fingerprint density at radius 2 is 1.74 bits per heavy atom. The van der Waals surface area contributed by atoms with Gasteiger partial charge in [-0.1, -0.05) is 24.1 Å². The highest BCUT2D eigenvalue weighted by molar-refractivity contribution is 7.89. The largest absolute Gasteiger partial charge is 0.243 e. The first-order valence-corrected chi connectivity index (χ1v) is 8.50. The third-order valence-electron chi connectivity index (χ3n) is 4.64. The van der Waals surface area contributed by atoms with Crippen LogP contribution >= 0.6 is 0 Å². The second-order valence-corrected chi connectivity index (χ2v) is 7.95. The smallest absolute Gasteiger partial charge is 0.207 e. The Morgan fingerprint density at radius 1 is 1.11 bits per heavy atom. The molecule has 1 aromatic rings. The number of hydrogen-bond acceptors (Lipinski definition) is 2. The summed E-state index contributed by atoms with van der Waals surface area (Å²) in [4.78, 5) is 0.484. The minimum Gasteiger partial charge on any atom is -0.207 e. The van der Waals surface area contributed by atoms with Gasteiger partial charge in [0.1, 0.15) is 0 Å². The van der Waals surface area contributed by atoms with E-state index in [9.17, 15) is 8.42 Å². The van der Waals surface area contributed by atoms with Crippen molar-refractivity contribution in [2.24, 2.45) is 11.8 Å². The second-order valence-electron chi connectivity index (χ2n) is 6.04. The molecule has 1 saturated heterocycles. The highest BCUT2D eigenvalue weighted by Gasteiger charge is 2.41. The monoisotopic (exact) mass is 279 g/mol. The fraction of sp³-hybridized carbons (Fsp3) is 0.600. The van der Waals surface area contributed by atoms with Gasteiger partial charge in [0, 0.05) is 13.1 Å². The van der Waals surface area contributed by atoms with E-state index in [1.165, 1.54) is 19.3 Å². The predicted molar refractivity (Wildman–Crippen MR) is 75.5 cm³/mol. The lowest BCUT2D eigenvalue weighted by Gasteiger charge is -2.19. The zero-order valence-corrected chi connectivity index (χ0v) is 12.4. The summed E-state index contributed by atoms with van der Waals surface area (Å²) in [6, 6.07) is 5.59. The molecule has 0 radical (unpaired) electrons. The van der Waals surface area contributed by atoms with Gasteiger partial charge in [-0.15, -0.1) is 0 Å². The fourth-order valence-corrected chi connectivity index (χ4v) is 5.38. The van der Waals surface area contributed by atoms with Gasteiger partial charge in [0.05, 0.1) is 4.90 Å². The molecule has 104 valence electrons. The van der Waals surface area contributed by atoms with Crippen LogP contribution in [0.1, 0.15) is 30.4 Å². The van der Waals surface area contributed by atoms with Gasteiger partial charge < -0.3 is 0 Å². The van der Waals surface area contributed by atoms with Crippen LogP contribution in [0, 0.1) is 25.7 Å². The molecule has 1 aliphatic heterocycles. The Bertz CT molecular complexity index is 582. The van der Waals surface area contributed by atoms with Crippen molar-refractivity contribution in [3.63, 3.8) is 0 Å². The van der Waals surface area contributed by atoms with Gasteiger partial charge in [0.25, 0.3) is 0 Å². The van der Waals surface area contributed by atoms with Crippen molar-refractivity contribution in [3.05, 3.63) is 29.3 Å². The molecule has 4 heteroatoms. The standard InChI is InChI=1S/C15H21NO2S/c1-11-6-7-15(12(2)8-11)19(17,18)16-9-13-4-3-5-14(13)10-16/h6-8,13-14H,3-5,9-10H2,1-2H3/t13-,14?/m0/s1. The van der Waals surface area contributed by atoms with E-state index in [0.29, 0.717) is 16.7 Å². The van der Waals surface area contributed by atoms with Gasteiger partial charge >= 0.3 is 0 Å². The number of hydrogen-bond donors (Lipinski definition) is 0. The molecule has 0 spiro atoms. The lowest BCUT2D eigenvalue weighted by atomic mass is 10.0. The summed E-state index contributed by atoms with van der Waals surface area (Å²) in [7, 11) is -3.29. The number of aryl methyl sites for hydroxylation is 2. The number of benzene rings is 1. The van der Waals surface area contributed by atoms with E-state index in [1.54, 1.807) is 10.4 Å². The first-order valence-electron chi connectivity index (χ1n) is 7.06. The van der Waals surface area contributed by atoms with Gasteiger partial charge in [-0.05, 0) is 50.2 Å². The molecular formula is C15H21NO2S. The molecule has 2 atom stereocenters. The van der Waals surface area contributed by atoms with Gasteiger partial charge in [-0.3, -0.25) is 0 Å². The van der Waals surface area contributed by atoms with E-state index in [2.05, 4.69) is 0 Å². The Morgan fingerprint density at radius 3 is 2.32 bits per heavy atom. The normalized spacial score (nSPS) is 27.7. The van der Waals surface area contributed by atoms with Crippen LogP contribution in [0.5, 0.6) is 0 Å². The average Bonchev–Trinajstić information content (AvgIpc) is 2.87. The van der Waals surface area contributed by atoms with E-state index in [-0.39, 0.29) is 0 Å². The minimum atomic E-state index is -3.29. The third kappa shape index (κ3) is 2.21. The van der Waals surface area contributed by atoms with E-state index < -0.39 is 10.0 Å². The average molecular weight is 279 g/mol. The summed E-state index contributed by atoms with van der Waals surface area (Å²) in [5.41, 5.74) is 1.96. The third-order valence-corrected chi connectivity index (χ3v) is 6.63.